The van der Waals surface area contributed by atoms with Crippen LogP contribution in [0.2, 0.25) is 0 Å². The first-order valence-corrected chi connectivity index (χ1v) is 9.08. The molecule has 7 heteroatoms. The van der Waals surface area contributed by atoms with Crippen LogP contribution in [0, 0.1) is 11.8 Å². The molecule has 0 saturated carbocycles. The van der Waals surface area contributed by atoms with Gasteiger partial charge in [-0.15, -0.1) is 12.4 Å². The highest BCUT2D eigenvalue weighted by atomic mass is 35.5. The summed E-state index contributed by atoms with van der Waals surface area (Å²) in [4.78, 5) is 23.6. The maximum Gasteiger partial charge on any atom is 0.257 e. The van der Waals surface area contributed by atoms with Gasteiger partial charge in [-0.3, -0.25) is 9.59 Å². The molecular formula is C19H30ClN3O3. The Balaban J connectivity index is 0.00000338. The van der Waals surface area contributed by atoms with Crippen LogP contribution >= 0.6 is 12.4 Å². The molecule has 1 heterocycles. The van der Waals surface area contributed by atoms with Crippen molar-refractivity contribution in [1.82, 2.24) is 10.6 Å². The van der Waals surface area contributed by atoms with Crippen molar-refractivity contribution >= 4 is 29.9 Å². The van der Waals surface area contributed by atoms with Crippen molar-refractivity contribution in [3.8, 4) is 5.75 Å². The lowest BCUT2D eigenvalue weighted by Gasteiger charge is -2.27. The van der Waals surface area contributed by atoms with Crippen molar-refractivity contribution in [3.05, 3.63) is 24.3 Å². The second-order valence-electron chi connectivity index (χ2n) is 6.58. The van der Waals surface area contributed by atoms with Crippen LogP contribution in [-0.2, 0) is 9.59 Å². The molecule has 6 nitrogen and oxygen atoms in total. The van der Waals surface area contributed by atoms with Gasteiger partial charge in [0.15, 0.2) is 6.61 Å². The number of ether oxygens (including phenoxy) is 1. The minimum Gasteiger partial charge on any atom is -0.484 e. The number of nitrogens with one attached hydrogen (secondary N) is 3. The van der Waals surface area contributed by atoms with Gasteiger partial charge < -0.3 is 20.7 Å². The Morgan fingerprint density at radius 3 is 2.46 bits per heavy atom. The molecule has 0 aromatic heterocycles. The molecule has 0 aliphatic carbocycles. The predicted molar refractivity (Wildman–Crippen MR) is 106 cm³/mol. The van der Waals surface area contributed by atoms with Gasteiger partial charge in [-0.05, 0) is 69.0 Å². The number of piperidine rings is 1. The molecule has 26 heavy (non-hydrogen) atoms. The summed E-state index contributed by atoms with van der Waals surface area (Å²) in [5, 5.41) is 8.96. The van der Waals surface area contributed by atoms with E-state index in [4.69, 9.17) is 4.74 Å². The van der Waals surface area contributed by atoms with E-state index in [1.54, 1.807) is 24.3 Å². The van der Waals surface area contributed by atoms with Crippen molar-refractivity contribution in [2.45, 2.75) is 33.1 Å². The number of hydrogen-bond acceptors (Lipinski definition) is 4. The fourth-order valence-corrected chi connectivity index (χ4v) is 3.12. The highest BCUT2D eigenvalue weighted by Crippen LogP contribution is 2.25. The summed E-state index contributed by atoms with van der Waals surface area (Å²) in [5.74, 6) is 1.51. The van der Waals surface area contributed by atoms with E-state index in [2.05, 4.69) is 22.9 Å². The Hall–Kier alpha value is -1.79. The topological polar surface area (TPSA) is 79.5 Å². The summed E-state index contributed by atoms with van der Waals surface area (Å²) in [6.45, 7) is 6.70. The molecule has 146 valence electrons. The lowest BCUT2D eigenvalue weighted by molar-refractivity contribution is -0.123. The van der Waals surface area contributed by atoms with Crippen LogP contribution in [0.3, 0.4) is 0 Å². The van der Waals surface area contributed by atoms with E-state index in [0.717, 1.165) is 31.6 Å². The van der Waals surface area contributed by atoms with Crippen molar-refractivity contribution in [1.29, 1.82) is 0 Å². The molecule has 0 radical (unpaired) electrons. The second kappa shape index (κ2) is 11.8. The molecule has 1 unspecified atom stereocenters. The smallest absolute Gasteiger partial charge is 0.257 e. The zero-order chi connectivity index (χ0) is 18.1. The predicted octanol–water partition coefficient (Wildman–Crippen LogP) is 2.59. The number of halogens is 1. The van der Waals surface area contributed by atoms with E-state index in [0.29, 0.717) is 30.6 Å². The molecule has 3 N–H and O–H groups in total. The number of hydrogen-bond donors (Lipinski definition) is 3. The van der Waals surface area contributed by atoms with Crippen LogP contribution in [0.15, 0.2) is 24.3 Å². The van der Waals surface area contributed by atoms with Crippen molar-refractivity contribution in [2.24, 2.45) is 11.8 Å². The fourth-order valence-electron chi connectivity index (χ4n) is 3.12. The quantitative estimate of drug-likeness (QED) is 0.644. The van der Waals surface area contributed by atoms with Crippen molar-refractivity contribution < 1.29 is 14.3 Å². The van der Waals surface area contributed by atoms with E-state index in [9.17, 15) is 9.59 Å². The maximum absolute atomic E-state index is 12.2. The van der Waals surface area contributed by atoms with Crippen LogP contribution in [0.4, 0.5) is 5.69 Å². The van der Waals surface area contributed by atoms with Gasteiger partial charge in [0.05, 0.1) is 0 Å². The Kier molecular flexibility index (Phi) is 10.1. The molecule has 0 bridgehead atoms. The number of rotatable bonds is 8. The van der Waals surface area contributed by atoms with Crippen LogP contribution in [0.5, 0.6) is 5.75 Å². The summed E-state index contributed by atoms with van der Waals surface area (Å²) >= 11 is 0. The summed E-state index contributed by atoms with van der Waals surface area (Å²) in [6, 6.07) is 7.09. The molecule has 1 atom stereocenters. The molecular weight excluding hydrogens is 354 g/mol. The van der Waals surface area contributed by atoms with Crippen molar-refractivity contribution in [2.75, 3.05) is 31.6 Å². The van der Waals surface area contributed by atoms with Crippen molar-refractivity contribution in [3.63, 3.8) is 0 Å². The summed E-state index contributed by atoms with van der Waals surface area (Å²) in [7, 11) is 0. The first-order chi connectivity index (χ1) is 12.1. The first-order valence-electron chi connectivity index (χ1n) is 9.08. The molecule has 1 aliphatic rings. The van der Waals surface area contributed by atoms with Crippen LogP contribution in [-0.4, -0.2) is 38.1 Å². The minimum absolute atomic E-state index is 0. The monoisotopic (exact) mass is 383 g/mol. The van der Waals surface area contributed by atoms with Crippen LogP contribution in [0.25, 0.3) is 0 Å². The second-order valence-corrected chi connectivity index (χ2v) is 6.58. The Labute approximate surface area is 161 Å². The number of amides is 2. The van der Waals surface area contributed by atoms with E-state index < -0.39 is 0 Å². The number of carbonyl (C=O) groups is 2. The lowest BCUT2D eigenvalue weighted by atomic mass is 9.84. The largest absolute Gasteiger partial charge is 0.484 e. The third kappa shape index (κ3) is 7.62. The Bertz CT molecular complexity index is 560. The molecule has 2 amide bonds. The number of anilines is 1. The third-order valence-electron chi connectivity index (χ3n) is 4.58. The highest BCUT2D eigenvalue weighted by molar-refractivity contribution is 5.90. The molecule has 1 aromatic carbocycles. The van der Waals surface area contributed by atoms with Crippen LogP contribution < -0.4 is 20.7 Å². The molecule has 1 fully saturated rings. The summed E-state index contributed by atoms with van der Waals surface area (Å²) in [6.07, 6.45) is 2.83. The molecule has 1 saturated heterocycles. The fraction of sp³-hybridized carbons (Fsp3) is 0.579. The summed E-state index contributed by atoms with van der Waals surface area (Å²) < 4.78 is 5.39. The highest BCUT2D eigenvalue weighted by Gasteiger charge is 2.22. The van der Waals surface area contributed by atoms with Gasteiger partial charge in [0, 0.05) is 18.7 Å². The average Bonchev–Trinajstić information content (AvgIpc) is 2.62. The zero-order valence-corrected chi connectivity index (χ0v) is 16.4. The number of likely N-dealkylation sites (N-methyl/N-ethyl adjacent to an activating group) is 1. The van der Waals surface area contributed by atoms with E-state index in [1.165, 1.54) is 0 Å². The van der Waals surface area contributed by atoms with Gasteiger partial charge in [0.2, 0.25) is 5.91 Å². The van der Waals surface area contributed by atoms with E-state index in [-0.39, 0.29) is 30.8 Å². The van der Waals surface area contributed by atoms with Gasteiger partial charge >= 0.3 is 0 Å². The first kappa shape index (κ1) is 22.3. The van der Waals surface area contributed by atoms with Gasteiger partial charge in [-0.25, -0.2) is 0 Å². The number of benzene rings is 1. The SMILES string of the molecule is CCNC(=O)COc1ccc(NC(=O)CC(C)C2CCNCC2)cc1.Cl. The minimum atomic E-state index is -0.147. The average molecular weight is 384 g/mol. The maximum atomic E-state index is 12.2. The van der Waals surface area contributed by atoms with E-state index in [1.807, 2.05) is 6.92 Å². The van der Waals surface area contributed by atoms with Gasteiger partial charge in [-0.1, -0.05) is 6.92 Å². The molecule has 1 aliphatic heterocycles. The number of carbonyl (C=O) groups excluding carboxylic acids is 2. The summed E-state index contributed by atoms with van der Waals surface area (Å²) in [5.41, 5.74) is 0.743. The molecule has 2 rings (SSSR count). The van der Waals surface area contributed by atoms with Gasteiger partial charge in [0.1, 0.15) is 5.75 Å². The normalized spacial score (nSPS) is 15.5. The molecule has 1 aromatic rings. The Morgan fingerprint density at radius 1 is 1.19 bits per heavy atom. The third-order valence-corrected chi connectivity index (χ3v) is 4.58. The molecule has 0 spiro atoms. The van der Waals surface area contributed by atoms with Gasteiger partial charge in [-0.2, -0.15) is 0 Å². The van der Waals surface area contributed by atoms with Gasteiger partial charge in [0.25, 0.3) is 5.91 Å². The standard InChI is InChI=1S/C19H29N3O3.ClH/c1-3-21-19(24)13-25-17-6-4-16(5-7-17)22-18(23)12-14(2)15-8-10-20-11-9-15;/h4-7,14-15,20H,3,8-13H2,1-2H3,(H,21,24)(H,22,23);1H. The zero-order valence-electron chi connectivity index (χ0n) is 15.5. The van der Waals surface area contributed by atoms with E-state index >= 15 is 0 Å². The van der Waals surface area contributed by atoms with Crippen LogP contribution in [0.1, 0.15) is 33.1 Å². The Morgan fingerprint density at radius 2 is 1.85 bits per heavy atom. The lowest BCUT2D eigenvalue weighted by Crippen LogP contribution is -2.32.